The molecule has 0 aromatic heterocycles. The normalized spacial score (nSPS) is 21.9. The number of nitrogens with zero attached hydrogens (tertiary/aromatic N) is 1. The van der Waals surface area contributed by atoms with E-state index < -0.39 is 36.1 Å². The Morgan fingerprint density at radius 2 is 1.94 bits per heavy atom. The van der Waals surface area contributed by atoms with Crippen LogP contribution in [0.2, 0.25) is 0 Å². The molecule has 2 aliphatic heterocycles. The summed E-state index contributed by atoms with van der Waals surface area (Å²) in [4.78, 5) is 50.5. The molecule has 0 radical (unpaired) electrons. The van der Waals surface area contributed by atoms with Gasteiger partial charge in [-0.2, -0.15) is 0 Å². The highest BCUT2D eigenvalue weighted by Crippen LogP contribution is 2.10. The summed E-state index contributed by atoms with van der Waals surface area (Å²) in [6, 6.07) is 7.42. The van der Waals surface area contributed by atoms with Crippen molar-refractivity contribution in [1.29, 1.82) is 0 Å². The molecule has 0 saturated carbocycles. The molecule has 2 saturated heterocycles. The maximum absolute atomic E-state index is 12.9. The first-order valence-electron chi connectivity index (χ1n) is 10.3. The molecule has 10 heteroatoms. The molecule has 3 amide bonds. The van der Waals surface area contributed by atoms with Crippen LogP contribution in [-0.2, 0) is 35.1 Å². The molecule has 168 valence electrons. The monoisotopic (exact) mass is 432 g/mol. The van der Waals surface area contributed by atoms with E-state index in [0.717, 1.165) is 18.7 Å². The average Bonchev–Trinajstić information content (AvgIpc) is 2.76. The van der Waals surface area contributed by atoms with Crippen molar-refractivity contribution in [3.8, 4) is 0 Å². The summed E-state index contributed by atoms with van der Waals surface area (Å²) in [6.07, 6.45) is -0.399. The van der Waals surface area contributed by atoms with Crippen LogP contribution in [-0.4, -0.2) is 79.8 Å². The molecule has 2 heterocycles. The first-order valence-corrected chi connectivity index (χ1v) is 10.3. The Hall–Kier alpha value is -2.98. The topological polar surface area (TPSA) is 126 Å². The van der Waals surface area contributed by atoms with E-state index in [4.69, 9.17) is 9.47 Å². The molecule has 1 aromatic carbocycles. The lowest BCUT2D eigenvalue weighted by atomic mass is 10.0. The van der Waals surface area contributed by atoms with E-state index >= 15 is 0 Å². The van der Waals surface area contributed by atoms with Gasteiger partial charge in [0, 0.05) is 39.4 Å². The summed E-state index contributed by atoms with van der Waals surface area (Å²) < 4.78 is 10.3. The third-order valence-corrected chi connectivity index (χ3v) is 5.15. The average molecular weight is 432 g/mol. The van der Waals surface area contributed by atoms with Crippen LogP contribution in [0.5, 0.6) is 0 Å². The number of hydrogen-bond donors (Lipinski definition) is 3. The van der Waals surface area contributed by atoms with Gasteiger partial charge in [-0.3, -0.25) is 24.1 Å². The second-order valence-corrected chi connectivity index (χ2v) is 7.54. The lowest BCUT2D eigenvalue weighted by molar-refractivity contribution is -0.164. The molecular weight excluding hydrogens is 404 g/mol. The van der Waals surface area contributed by atoms with Gasteiger partial charge in [-0.15, -0.1) is 0 Å². The smallest absolute Gasteiger partial charge is 0.304 e. The number of hydrogen-bond acceptors (Lipinski definition) is 7. The molecule has 0 aliphatic carbocycles. The van der Waals surface area contributed by atoms with E-state index in [-0.39, 0.29) is 18.7 Å². The van der Waals surface area contributed by atoms with Gasteiger partial charge in [0.15, 0.2) is 6.04 Å². The summed E-state index contributed by atoms with van der Waals surface area (Å²) in [7, 11) is 0. The third-order valence-electron chi connectivity index (χ3n) is 5.15. The molecule has 3 atom stereocenters. The van der Waals surface area contributed by atoms with Crippen molar-refractivity contribution < 1.29 is 28.7 Å². The summed E-state index contributed by atoms with van der Waals surface area (Å²) in [6.45, 7) is 4.64. The molecule has 0 spiro atoms. The van der Waals surface area contributed by atoms with E-state index in [1.54, 1.807) is 0 Å². The number of morpholine rings is 1. The Morgan fingerprint density at radius 3 is 2.58 bits per heavy atom. The van der Waals surface area contributed by atoms with Crippen molar-refractivity contribution in [1.82, 2.24) is 20.9 Å². The quantitative estimate of drug-likeness (QED) is 0.335. The van der Waals surface area contributed by atoms with Crippen molar-refractivity contribution in [3.05, 3.63) is 35.9 Å². The van der Waals surface area contributed by atoms with Crippen molar-refractivity contribution in [2.24, 2.45) is 0 Å². The highest BCUT2D eigenvalue weighted by Gasteiger charge is 2.43. The van der Waals surface area contributed by atoms with E-state index in [0.29, 0.717) is 19.8 Å². The first kappa shape index (κ1) is 22.7. The van der Waals surface area contributed by atoms with Crippen molar-refractivity contribution in [2.45, 2.75) is 38.1 Å². The number of nitrogens with one attached hydrogen (secondary N) is 3. The van der Waals surface area contributed by atoms with Crippen molar-refractivity contribution in [2.75, 3.05) is 32.8 Å². The SMILES string of the molecule is CC(=O)O[C@@H]1NC(=O)[C@H]1NC(=O)[C@H](Cc1ccccc1)NC(=O)CCN1CCOCC1. The first-order chi connectivity index (χ1) is 14.9. The van der Waals surface area contributed by atoms with Crippen LogP contribution in [0.25, 0.3) is 0 Å². The largest absolute Gasteiger partial charge is 0.439 e. The van der Waals surface area contributed by atoms with Crippen LogP contribution >= 0.6 is 0 Å². The fraction of sp³-hybridized carbons (Fsp3) is 0.524. The predicted molar refractivity (Wildman–Crippen MR) is 110 cm³/mol. The maximum Gasteiger partial charge on any atom is 0.304 e. The summed E-state index contributed by atoms with van der Waals surface area (Å²) in [5.74, 6) is -1.78. The molecule has 2 fully saturated rings. The van der Waals surface area contributed by atoms with Gasteiger partial charge in [0.05, 0.1) is 13.2 Å². The second kappa shape index (κ2) is 10.9. The molecule has 3 N–H and O–H groups in total. The Labute approximate surface area is 180 Å². The zero-order valence-corrected chi connectivity index (χ0v) is 17.5. The molecule has 1 aromatic rings. The van der Waals surface area contributed by atoms with Crippen LogP contribution in [0.1, 0.15) is 18.9 Å². The Kier molecular flexibility index (Phi) is 7.96. The van der Waals surface area contributed by atoms with Gasteiger partial charge >= 0.3 is 5.97 Å². The van der Waals surface area contributed by atoms with E-state index in [9.17, 15) is 19.2 Å². The zero-order valence-electron chi connectivity index (χ0n) is 17.5. The Morgan fingerprint density at radius 1 is 1.23 bits per heavy atom. The number of rotatable bonds is 9. The van der Waals surface area contributed by atoms with Crippen molar-refractivity contribution in [3.63, 3.8) is 0 Å². The Bertz CT molecular complexity index is 796. The third kappa shape index (κ3) is 6.76. The fourth-order valence-corrected chi connectivity index (χ4v) is 3.44. The minimum Gasteiger partial charge on any atom is -0.439 e. The molecule has 0 bridgehead atoms. The van der Waals surface area contributed by atoms with Crippen LogP contribution in [0.4, 0.5) is 0 Å². The van der Waals surface area contributed by atoms with Gasteiger partial charge in [0.2, 0.25) is 18.0 Å². The molecule has 0 unspecified atom stereocenters. The van der Waals surface area contributed by atoms with Gasteiger partial charge in [0.1, 0.15) is 6.04 Å². The summed E-state index contributed by atoms with van der Waals surface area (Å²) >= 11 is 0. The fourth-order valence-electron chi connectivity index (χ4n) is 3.44. The number of carbonyl (C=O) groups is 4. The standard InChI is InChI=1S/C21H28N4O6/c1-14(26)31-21-18(20(29)24-21)23-19(28)16(13-15-5-3-2-4-6-15)22-17(27)7-8-25-9-11-30-12-10-25/h2-6,16,18,21H,7-13H2,1H3,(H,22,27)(H,23,28)(H,24,29)/t16-,18+,21-/m0/s1. The maximum atomic E-state index is 12.9. The van der Waals surface area contributed by atoms with Gasteiger partial charge in [-0.1, -0.05) is 30.3 Å². The molecule has 10 nitrogen and oxygen atoms in total. The second-order valence-electron chi connectivity index (χ2n) is 7.54. The number of β-lactam (4-membered cyclic amide) rings is 1. The minimum absolute atomic E-state index is 0.249. The number of carbonyl (C=O) groups excluding carboxylic acids is 4. The lowest BCUT2D eigenvalue weighted by Gasteiger charge is -2.36. The van der Waals surface area contributed by atoms with E-state index in [1.807, 2.05) is 30.3 Å². The Balaban J connectivity index is 1.59. The predicted octanol–water partition coefficient (Wildman–Crippen LogP) is -1.06. The molecule has 2 aliphatic rings. The number of benzene rings is 1. The molecular formula is C21H28N4O6. The molecule has 3 rings (SSSR count). The van der Waals surface area contributed by atoms with Crippen LogP contribution in [0, 0.1) is 0 Å². The zero-order chi connectivity index (χ0) is 22.2. The lowest BCUT2D eigenvalue weighted by Crippen LogP contribution is -2.71. The van der Waals surface area contributed by atoms with Gasteiger partial charge in [0.25, 0.3) is 5.91 Å². The molecule has 31 heavy (non-hydrogen) atoms. The van der Waals surface area contributed by atoms with E-state index in [1.165, 1.54) is 6.92 Å². The van der Waals surface area contributed by atoms with Gasteiger partial charge in [-0.05, 0) is 5.56 Å². The van der Waals surface area contributed by atoms with Crippen LogP contribution in [0.3, 0.4) is 0 Å². The van der Waals surface area contributed by atoms with E-state index in [2.05, 4.69) is 20.9 Å². The number of amides is 3. The summed E-state index contributed by atoms with van der Waals surface area (Å²) in [5, 5.41) is 7.78. The van der Waals surface area contributed by atoms with Crippen LogP contribution in [0.15, 0.2) is 30.3 Å². The minimum atomic E-state index is -0.986. The van der Waals surface area contributed by atoms with Gasteiger partial charge < -0.3 is 25.4 Å². The highest BCUT2D eigenvalue weighted by atomic mass is 16.6. The van der Waals surface area contributed by atoms with Crippen LogP contribution < -0.4 is 16.0 Å². The highest BCUT2D eigenvalue weighted by molar-refractivity contribution is 5.96. The summed E-state index contributed by atoms with van der Waals surface area (Å²) in [5.41, 5.74) is 0.866. The van der Waals surface area contributed by atoms with Crippen molar-refractivity contribution >= 4 is 23.7 Å². The number of ether oxygens (including phenoxy) is 2. The van der Waals surface area contributed by atoms with Gasteiger partial charge in [-0.25, -0.2) is 0 Å². The number of esters is 1.